The molecule has 0 aliphatic carbocycles. The monoisotopic (exact) mass is 326 g/mol. The van der Waals surface area contributed by atoms with E-state index in [0.29, 0.717) is 5.69 Å². The Hall–Kier alpha value is -2.60. The summed E-state index contributed by atoms with van der Waals surface area (Å²) in [7, 11) is 0. The smallest absolute Gasteiger partial charge is 0.319 e. The van der Waals surface area contributed by atoms with Crippen LogP contribution >= 0.6 is 0 Å². The van der Waals surface area contributed by atoms with Crippen molar-refractivity contribution in [3.05, 3.63) is 54.2 Å². The van der Waals surface area contributed by atoms with Gasteiger partial charge in [0.1, 0.15) is 0 Å². The minimum Gasteiger partial charge on any atom is -0.387 e. The Morgan fingerprint density at radius 1 is 1.17 bits per heavy atom. The first kappa shape index (κ1) is 16.3. The van der Waals surface area contributed by atoms with Crippen LogP contribution in [0.2, 0.25) is 0 Å². The van der Waals surface area contributed by atoms with Crippen molar-refractivity contribution in [1.82, 2.24) is 10.3 Å². The number of urea groups is 1. The molecule has 6 nitrogen and oxygen atoms in total. The van der Waals surface area contributed by atoms with E-state index in [0.717, 1.165) is 37.3 Å². The SMILES string of the molecule is O=C(NCC(O)c1ccccc1)Nc1cccnc1N1CCCC1. The van der Waals surface area contributed by atoms with E-state index >= 15 is 0 Å². The Morgan fingerprint density at radius 2 is 1.92 bits per heavy atom. The van der Waals surface area contributed by atoms with Crippen LogP contribution < -0.4 is 15.5 Å². The normalized spacial score (nSPS) is 15.1. The van der Waals surface area contributed by atoms with Gasteiger partial charge in [0.25, 0.3) is 0 Å². The molecule has 0 bridgehead atoms. The van der Waals surface area contributed by atoms with Crippen molar-refractivity contribution in [1.29, 1.82) is 0 Å². The number of carbonyl (C=O) groups is 1. The molecule has 1 aromatic carbocycles. The van der Waals surface area contributed by atoms with Gasteiger partial charge in [0.15, 0.2) is 5.82 Å². The number of hydrogen-bond acceptors (Lipinski definition) is 4. The molecule has 3 N–H and O–H groups in total. The minimum atomic E-state index is -0.732. The molecule has 126 valence electrons. The van der Waals surface area contributed by atoms with Gasteiger partial charge in [-0.2, -0.15) is 0 Å². The molecule has 1 unspecified atom stereocenters. The quantitative estimate of drug-likeness (QED) is 0.789. The van der Waals surface area contributed by atoms with Gasteiger partial charge in [0.2, 0.25) is 0 Å². The highest BCUT2D eigenvalue weighted by Gasteiger charge is 2.18. The first-order valence-electron chi connectivity index (χ1n) is 8.22. The van der Waals surface area contributed by atoms with Crippen LogP contribution in [-0.2, 0) is 0 Å². The number of aliphatic hydroxyl groups excluding tert-OH is 1. The summed E-state index contributed by atoms with van der Waals surface area (Å²) in [4.78, 5) is 18.7. The van der Waals surface area contributed by atoms with Crippen molar-refractivity contribution in [2.45, 2.75) is 18.9 Å². The number of pyridine rings is 1. The standard InChI is InChI=1S/C18H22N4O2/c23-16(14-7-2-1-3-8-14)13-20-18(24)21-15-9-6-10-19-17(15)22-11-4-5-12-22/h1-3,6-10,16,23H,4-5,11-13H2,(H2,20,21,24). The van der Waals surface area contributed by atoms with E-state index < -0.39 is 6.10 Å². The summed E-state index contributed by atoms with van der Waals surface area (Å²) >= 11 is 0. The Balaban J connectivity index is 1.57. The summed E-state index contributed by atoms with van der Waals surface area (Å²) in [5.74, 6) is 0.800. The Morgan fingerprint density at radius 3 is 2.67 bits per heavy atom. The van der Waals surface area contributed by atoms with E-state index in [2.05, 4.69) is 20.5 Å². The van der Waals surface area contributed by atoms with Crippen molar-refractivity contribution in [3.63, 3.8) is 0 Å². The average molecular weight is 326 g/mol. The van der Waals surface area contributed by atoms with Gasteiger partial charge in [0.05, 0.1) is 11.8 Å². The molecule has 1 aliphatic rings. The molecular formula is C18H22N4O2. The van der Waals surface area contributed by atoms with Crippen LogP contribution in [0.15, 0.2) is 48.7 Å². The fraction of sp³-hybridized carbons (Fsp3) is 0.333. The van der Waals surface area contributed by atoms with Crippen LogP contribution in [0.3, 0.4) is 0 Å². The molecule has 6 heteroatoms. The zero-order chi connectivity index (χ0) is 16.8. The molecule has 1 fully saturated rings. The van der Waals surface area contributed by atoms with E-state index in [1.165, 1.54) is 0 Å². The molecule has 2 heterocycles. The van der Waals surface area contributed by atoms with E-state index in [1.54, 1.807) is 12.3 Å². The molecule has 1 saturated heterocycles. The van der Waals surface area contributed by atoms with Gasteiger partial charge < -0.3 is 20.6 Å². The summed E-state index contributed by atoms with van der Waals surface area (Å²) in [5, 5.41) is 15.6. The summed E-state index contributed by atoms with van der Waals surface area (Å²) in [6.45, 7) is 2.06. The summed E-state index contributed by atoms with van der Waals surface area (Å²) < 4.78 is 0. The highest BCUT2D eigenvalue weighted by atomic mass is 16.3. The Kier molecular flexibility index (Phi) is 5.28. The van der Waals surface area contributed by atoms with E-state index in [1.807, 2.05) is 36.4 Å². The van der Waals surface area contributed by atoms with Crippen LogP contribution in [0.25, 0.3) is 0 Å². The molecule has 2 aromatic rings. The second-order valence-corrected chi connectivity index (χ2v) is 5.83. The topological polar surface area (TPSA) is 77.5 Å². The lowest BCUT2D eigenvalue weighted by atomic mass is 10.1. The second-order valence-electron chi connectivity index (χ2n) is 5.83. The maximum atomic E-state index is 12.1. The summed E-state index contributed by atoms with van der Waals surface area (Å²) in [6.07, 6.45) is 3.29. The largest absolute Gasteiger partial charge is 0.387 e. The number of benzene rings is 1. The molecule has 0 radical (unpaired) electrons. The van der Waals surface area contributed by atoms with Crippen molar-refractivity contribution in [2.75, 3.05) is 29.9 Å². The van der Waals surface area contributed by atoms with E-state index in [9.17, 15) is 9.90 Å². The minimum absolute atomic E-state index is 0.148. The Bertz CT molecular complexity index is 672. The zero-order valence-electron chi connectivity index (χ0n) is 13.5. The number of hydrogen-bond donors (Lipinski definition) is 3. The number of amides is 2. The number of carbonyl (C=O) groups excluding carboxylic acids is 1. The lowest BCUT2D eigenvalue weighted by Gasteiger charge is -2.20. The lowest BCUT2D eigenvalue weighted by molar-refractivity contribution is 0.175. The van der Waals surface area contributed by atoms with Gasteiger partial charge in [-0.1, -0.05) is 30.3 Å². The van der Waals surface area contributed by atoms with E-state index in [4.69, 9.17) is 0 Å². The fourth-order valence-electron chi connectivity index (χ4n) is 2.82. The Labute approximate surface area is 141 Å². The number of nitrogens with one attached hydrogen (secondary N) is 2. The fourth-order valence-corrected chi connectivity index (χ4v) is 2.82. The van der Waals surface area contributed by atoms with Crippen LogP contribution in [0, 0.1) is 0 Å². The predicted molar refractivity (Wildman–Crippen MR) is 94.1 cm³/mol. The van der Waals surface area contributed by atoms with Crippen molar-refractivity contribution in [2.24, 2.45) is 0 Å². The van der Waals surface area contributed by atoms with Crippen LogP contribution in [0.5, 0.6) is 0 Å². The first-order valence-corrected chi connectivity index (χ1v) is 8.22. The van der Waals surface area contributed by atoms with Gasteiger partial charge in [-0.15, -0.1) is 0 Å². The molecule has 2 amide bonds. The van der Waals surface area contributed by atoms with Gasteiger partial charge in [-0.25, -0.2) is 9.78 Å². The van der Waals surface area contributed by atoms with Gasteiger partial charge >= 0.3 is 6.03 Å². The summed E-state index contributed by atoms with van der Waals surface area (Å²) in [5.41, 5.74) is 1.46. The number of aliphatic hydroxyl groups is 1. The molecule has 1 aromatic heterocycles. The molecule has 0 saturated carbocycles. The third-order valence-corrected chi connectivity index (χ3v) is 4.08. The molecule has 1 aliphatic heterocycles. The van der Waals surface area contributed by atoms with E-state index in [-0.39, 0.29) is 12.6 Å². The molecule has 1 atom stereocenters. The number of anilines is 2. The highest BCUT2D eigenvalue weighted by Crippen LogP contribution is 2.25. The van der Waals surface area contributed by atoms with Gasteiger partial charge in [-0.05, 0) is 30.5 Å². The lowest BCUT2D eigenvalue weighted by Crippen LogP contribution is -2.33. The van der Waals surface area contributed by atoms with Crippen LogP contribution in [-0.4, -0.2) is 35.8 Å². The average Bonchev–Trinajstić information content (AvgIpc) is 3.15. The third-order valence-electron chi connectivity index (χ3n) is 4.08. The van der Waals surface area contributed by atoms with Crippen LogP contribution in [0.1, 0.15) is 24.5 Å². The number of rotatable bonds is 5. The predicted octanol–water partition coefficient (Wildman–Crippen LogP) is 2.54. The number of aromatic nitrogens is 1. The third kappa shape index (κ3) is 4.02. The van der Waals surface area contributed by atoms with Crippen LogP contribution in [0.4, 0.5) is 16.3 Å². The first-order chi connectivity index (χ1) is 11.7. The van der Waals surface area contributed by atoms with Crippen molar-refractivity contribution in [3.8, 4) is 0 Å². The maximum Gasteiger partial charge on any atom is 0.319 e. The van der Waals surface area contributed by atoms with Crippen molar-refractivity contribution >= 4 is 17.5 Å². The molecule has 0 spiro atoms. The van der Waals surface area contributed by atoms with Gasteiger partial charge in [0, 0.05) is 25.8 Å². The molecule has 3 rings (SSSR count). The van der Waals surface area contributed by atoms with Crippen molar-refractivity contribution < 1.29 is 9.90 Å². The van der Waals surface area contributed by atoms with Gasteiger partial charge in [-0.3, -0.25) is 0 Å². The maximum absolute atomic E-state index is 12.1. The molecule has 24 heavy (non-hydrogen) atoms. The zero-order valence-corrected chi connectivity index (χ0v) is 13.5. The highest BCUT2D eigenvalue weighted by molar-refractivity contribution is 5.92. The summed E-state index contributed by atoms with van der Waals surface area (Å²) in [6, 6.07) is 12.6. The second kappa shape index (κ2) is 7.79. The molecular weight excluding hydrogens is 304 g/mol. The number of nitrogens with zero attached hydrogens (tertiary/aromatic N) is 2.